The van der Waals surface area contributed by atoms with E-state index in [0.29, 0.717) is 6.61 Å². The Hall–Kier alpha value is -2.65. The van der Waals surface area contributed by atoms with E-state index in [0.717, 1.165) is 28.0 Å². The molecule has 0 saturated carbocycles. The van der Waals surface area contributed by atoms with Crippen molar-refractivity contribution in [2.24, 2.45) is 0 Å². The summed E-state index contributed by atoms with van der Waals surface area (Å²) >= 11 is 0. The number of rotatable bonds is 5. The van der Waals surface area contributed by atoms with Crippen LogP contribution in [0, 0.1) is 0 Å². The van der Waals surface area contributed by atoms with E-state index in [2.05, 4.69) is 4.98 Å². The first kappa shape index (κ1) is 14.3. The van der Waals surface area contributed by atoms with Gasteiger partial charge in [-0.15, -0.1) is 0 Å². The molecule has 0 radical (unpaired) electrons. The van der Waals surface area contributed by atoms with Gasteiger partial charge in [0, 0.05) is 18.0 Å². The lowest BCUT2D eigenvalue weighted by Gasteiger charge is -2.10. The van der Waals surface area contributed by atoms with Gasteiger partial charge in [-0.25, -0.2) is 0 Å². The number of aromatic nitrogens is 1. The van der Waals surface area contributed by atoms with Gasteiger partial charge in [0.05, 0.1) is 6.61 Å². The SMILES string of the molecule is OCc1cnccc1-c1cccc(OCc2ccccc2)c1. The maximum absolute atomic E-state index is 9.43. The molecular weight excluding hydrogens is 274 g/mol. The molecule has 0 amide bonds. The van der Waals surface area contributed by atoms with Crippen LogP contribution < -0.4 is 4.74 Å². The molecule has 2 aromatic carbocycles. The maximum Gasteiger partial charge on any atom is 0.120 e. The van der Waals surface area contributed by atoms with Gasteiger partial charge in [-0.2, -0.15) is 0 Å². The monoisotopic (exact) mass is 291 g/mol. The molecule has 3 aromatic rings. The molecule has 1 heterocycles. The Labute approximate surface area is 129 Å². The molecule has 110 valence electrons. The van der Waals surface area contributed by atoms with E-state index in [-0.39, 0.29) is 6.61 Å². The lowest BCUT2D eigenvalue weighted by atomic mass is 10.0. The van der Waals surface area contributed by atoms with Crippen molar-refractivity contribution in [1.82, 2.24) is 4.98 Å². The summed E-state index contributed by atoms with van der Waals surface area (Å²) in [6.45, 7) is 0.506. The van der Waals surface area contributed by atoms with Crippen molar-refractivity contribution in [3.05, 3.63) is 84.2 Å². The molecule has 0 aliphatic carbocycles. The second kappa shape index (κ2) is 6.87. The van der Waals surface area contributed by atoms with Crippen LogP contribution in [0.4, 0.5) is 0 Å². The predicted octanol–water partition coefficient (Wildman–Crippen LogP) is 3.82. The normalized spacial score (nSPS) is 10.4. The fourth-order valence-corrected chi connectivity index (χ4v) is 2.33. The Balaban J connectivity index is 1.81. The van der Waals surface area contributed by atoms with Gasteiger partial charge in [0.25, 0.3) is 0 Å². The minimum Gasteiger partial charge on any atom is -0.489 e. The van der Waals surface area contributed by atoms with E-state index in [9.17, 15) is 5.11 Å². The molecule has 1 aromatic heterocycles. The van der Waals surface area contributed by atoms with Gasteiger partial charge in [0.2, 0.25) is 0 Å². The summed E-state index contributed by atoms with van der Waals surface area (Å²) in [6.07, 6.45) is 3.42. The van der Waals surface area contributed by atoms with E-state index in [1.165, 1.54) is 0 Å². The topological polar surface area (TPSA) is 42.4 Å². The smallest absolute Gasteiger partial charge is 0.120 e. The van der Waals surface area contributed by atoms with Crippen LogP contribution in [0.1, 0.15) is 11.1 Å². The first-order valence-corrected chi connectivity index (χ1v) is 7.18. The van der Waals surface area contributed by atoms with Gasteiger partial charge in [-0.1, -0.05) is 42.5 Å². The van der Waals surface area contributed by atoms with E-state index >= 15 is 0 Å². The molecular formula is C19H17NO2. The van der Waals surface area contributed by atoms with E-state index in [4.69, 9.17) is 4.74 Å². The number of hydrogen-bond acceptors (Lipinski definition) is 3. The molecule has 3 heteroatoms. The summed E-state index contributed by atoms with van der Waals surface area (Å²) in [6, 6.07) is 19.9. The third-order valence-corrected chi connectivity index (χ3v) is 3.47. The molecule has 0 bridgehead atoms. The maximum atomic E-state index is 9.43. The largest absolute Gasteiger partial charge is 0.489 e. The number of nitrogens with zero attached hydrogens (tertiary/aromatic N) is 1. The lowest BCUT2D eigenvalue weighted by molar-refractivity contribution is 0.282. The van der Waals surface area contributed by atoms with Crippen LogP contribution >= 0.6 is 0 Å². The summed E-state index contributed by atoms with van der Waals surface area (Å²) in [5.74, 6) is 0.807. The van der Waals surface area contributed by atoms with Crippen molar-refractivity contribution in [2.45, 2.75) is 13.2 Å². The minimum atomic E-state index is -0.0295. The highest BCUT2D eigenvalue weighted by molar-refractivity contribution is 5.68. The molecule has 3 rings (SSSR count). The Bertz CT molecular complexity index is 741. The first-order chi connectivity index (χ1) is 10.9. The highest BCUT2D eigenvalue weighted by Gasteiger charge is 2.05. The molecule has 1 N–H and O–H groups in total. The standard InChI is InChI=1S/C19H17NO2/c21-13-17-12-20-10-9-19(17)16-7-4-8-18(11-16)22-14-15-5-2-1-3-6-15/h1-12,21H,13-14H2. The number of ether oxygens (including phenoxy) is 1. The highest BCUT2D eigenvalue weighted by atomic mass is 16.5. The van der Waals surface area contributed by atoms with Gasteiger partial charge in [0.1, 0.15) is 12.4 Å². The van der Waals surface area contributed by atoms with Crippen LogP contribution in [-0.2, 0) is 13.2 Å². The number of hydrogen-bond donors (Lipinski definition) is 1. The summed E-state index contributed by atoms with van der Waals surface area (Å²) < 4.78 is 5.85. The van der Waals surface area contributed by atoms with Crippen LogP contribution in [0.2, 0.25) is 0 Å². The number of benzene rings is 2. The zero-order valence-corrected chi connectivity index (χ0v) is 12.1. The van der Waals surface area contributed by atoms with Gasteiger partial charge < -0.3 is 9.84 Å². The molecule has 0 unspecified atom stereocenters. The molecule has 0 aliphatic heterocycles. The Morgan fingerprint density at radius 2 is 1.82 bits per heavy atom. The van der Waals surface area contributed by atoms with Crippen LogP contribution in [0.15, 0.2) is 73.1 Å². The second-order valence-corrected chi connectivity index (χ2v) is 4.99. The Kier molecular flexibility index (Phi) is 4.47. The summed E-state index contributed by atoms with van der Waals surface area (Å²) in [4.78, 5) is 4.05. The summed E-state index contributed by atoms with van der Waals surface area (Å²) in [5.41, 5.74) is 3.93. The number of pyridine rings is 1. The van der Waals surface area contributed by atoms with Crippen molar-refractivity contribution in [3.63, 3.8) is 0 Å². The number of aliphatic hydroxyl groups excluding tert-OH is 1. The predicted molar refractivity (Wildman–Crippen MR) is 86.4 cm³/mol. The van der Waals surface area contributed by atoms with Gasteiger partial charge in [0.15, 0.2) is 0 Å². The molecule has 22 heavy (non-hydrogen) atoms. The highest BCUT2D eigenvalue weighted by Crippen LogP contribution is 2.26. The van der Waals surface area contributed by atoms with Crippen molar-refractivity contribution in [2.75, 3.05) is 0 Å². The molecule has 0 aliphatic rings. The fourth-order valence-electron chi connectivity index (χ4n) is 2.33. The van der Waals surface area contributed by atoms with E-state index in [1.807, 2.05) is 60.7 Å². The van der Waals surface area contributed by atoms with Gasteiger partial charge >= 0.3 is 0 Å². The van der Waals surface area contributed by atoms with Crippen molar-refractivity contribution >= 4 is 0 Å². The average Bonchev–Trinajstić information content (AvgIpc) is 2.61. The summed E-state index contributed by atoms with van der Waals surface area (Å²) in [5, 5.41) is 9.43. The Morgan fingerprint density at radius 1 is 0.955 bits per heavy atom. The first-order valence-electron chi connectivity index (χ1n) is 7.18. The zero-order chi connectivity index (χ0) is 15.2. The molecule has 0 atom stereocenters. The third-order valence-electron chi connectivity index (χ3n) is 3.47. The lowest BCUT2D eigenvalue weighted by Crippen LogP contribution is -1.96. The Morgan fingerprint density at radius 3 is 2.64 bits per heavy atom. The fraction of sp³-hybridized carbons (Fsp3) is 0.105. The van der Waals surface area contributed by atoms with E-state index in [1.54, 1.807) is 12.4 Å². The van der Waals surface area contributed by atoms with Crippen molar-refractivity contribution < 1.29 is 9.84 Å². The minimum absolute atomic E-state index is 0.0295. The third kappa shape index (κ3) is 3.32. The quantitative estimate of drug-likeness (QED) is 0.777. The van der Waals surface area contributed by atoms with Gasteiger partial charge in [-0.3, -0.25) is 4.98 Å². The molecule has 0 saturated heterocycles. The zero-order valence-electron chi connectivity index (χ0n) is 12.1. The average molecular weight is 291 g/mol. The van der Waals surface area contributed by atoms with Crippen molar-refractivity contribution in [3.8, 4) is 16.9 Å². The molecule has 0 fully saturated rings. The van der Waals surface area contributed by atoms with Crippen LogP contribution in [0.5, 0.6) is 5.75 Å². The summed E-state index contributed by atoms with van der Waals surface area (Å²) in [7, 11) is 0. The van der Waals surface area contributed by atoms with E-state index < -0.39 is 0 Å². The van der Waals surface area contributed by atoms with Crippen LogP contribution in [-0.4, -0.2) is 10.1 Å². The molecule has 0 spiro atoms. The van der Waals surface area contributed by atoms with Crippen molar-refractivity contribution in [1.29, 1.82) is 0 Å². The van der Waals surface area contributed by atoms with Crippen LogP contribution in [0.25, 0.3) is 11.1 Å². The van der Waals surface area contributed by atoms with Crippen LogP contribution in [0.3, 0.4) is 0 Å². The second-order valence-electron chi connectivity index (χ2n) is 4.99. The van der Waals surface area contributed by atoms with Gasteiger partial charge in [-0.05, 0) is 34.9 Å². The molecule has 3 nitrogen and oxygen atoms in total. The number of aliphatic hydroxyl groups is 1.